The molecule has 1 unspecified atom stereocenters. The van der Waals surface area contributed by atoms with Crippen molar-refractivity contribution in [2.24, 2.45) is 5.92 Å². The van der Waals surface area contributed by atoms with Crippen molar-refractivity contribution in [2.45, 2.75) is 52.5 Å². The molecule has 1 saturated carbocycles. The van der Waals surface area contributed by atoms with Gasteiger partial charge in [0.05, 0.1) is 6.61 Å². The zero-order chi connectivity index (χ0) is 13.2. The second-order valence-electron chi connectivity index (χ2n) is 5.30. The zero-order valence-corrected chi connectivity index (χ0v) is 12.6. The first-order valence-corrected chi connectivity index (χ1v) is 7.85. The molecule has 3 heteroatoms. The van der Waals surface area contributed by atoms with Crippen LogP contribution in [-0.2, 0) is 4.74 Å². The van der Waals surface area contributed by atoms with Crippen molar-refractivity contribution < 1.29 is 4.74 Å². The van der Waals surface area contributed by atoms with Crippen molar-refractivity contribution in [2.75, 3.05) is 39.4 Å². The van der Waals surface area contributed by atoms with Crippen molar-refractivity contribution in [3.63, 3.8) is 0 Å². The lowest BCUT2D eigenvalue weighted by atomic mass is 9.97. The Hall–Kier alpha value is -0.120. The van der Waals surface area contributed by atoms with E-state index in [-0.39, 0.29) is 0 Å². The standard InChI is InChI=1S/C15H32N2O/c1-4-16-15(14-9-7-8-10-14)13-17(5-2)11-12-18-6-3/h14-16H,4-13H2,1-3H3. The molecule has 108 valence electrons. The molecule has 0 aromatic carbocycles. The molecule has 1 N–H and O–H groups in total. The minimum atomic E-state index is 0.680. The third-order valence-electron chi connectivity index (χ3n) is 4.09. The summed E-state index contributed by atoms with van der Waals surface area (Å²) >= 11 is 0. The third-order valence-corrected chi connectivity index (χ3v) is 4.09. The number of hydrogen-bond donors (Lipinski definition) is 1. The lowest BCUT2D eigenvalue weighted by Gasteiger charge is -2.30. The van der Waals surface area contributed by atoms with Gasteiger partial charge in [0.1, 0.15) is 0 Å². The van der Waals surface area contributed by atoms with Crippen LogP contribution in [0.3, 0.4) is 0 Å². The fraction of sp³-hybridized carbons (Fsp3) is 1.00. The average Bonchev–Trinajstić information content (AvgIpc) is 2.90. The zero-order valence-electron chi connectivity index (χ0n) is 12.6. The molecule has 0 aromatic rings. The van der Waals surface area contributed by atoms with E-state index in [4.69, 9.17) is 4.74 Å². The van der Waals surface area contributed by atoms with Crippen molar-refractivity contribution in [3.8, 4) is 0 Å². The highest BCUT2D eigenvalue weighted by molar-refractivity contribution is 4.82. The maximum absolute atomic E-state index is 5.47. The van der Waals surface area contributed by atoms with Gasteiger partial charge in [0, 0.05) is 25.7 Å². The molecular formula is C15H32N2O. The first kappa shape index (κ1) is 15.9. The number of likely N-dealkylation sites (N-methyl/N-ethyl adjacent to an activating group) is 2. The monoisotopic (exact) mass is 256 g/mol. The highest BCUT2D eigenvalue weighted by Gasteiger charge is 2.25. The molecule has 0 aromatic heterocycles. The van der Waals surface area contributed by atoms with Gasteiger partial charge >= 0.3 is 0 Å². The Labute approximate surface area is 113 Å². The predicted octanol–water partition coefficient (Wildman–Crippen LogP) is 2.51. The van der Waals surface area contributed by atoms with Gasteiger partial charge in [0.15, 0.2) is 0 Å². The summed E-state index contributed by atoms with van der Waals surface area (Å²) in [6.07, 6.45) is 5.69. The quantitative estimate of drug-likeness (QED) is 0.608. The molecule has 18 heavy (non-hydrogen) atoms. The topological polar surface area (TPSA) is 24.5 Å². The summed E-state index contributed by atoms with van der Waals surface area (Å²) < 4.78 is 5.47. The summed E-state index contributed by atoms with van der Waals surface area (Å²) in [5, 5.41) is 3.70. The fourth-order valence-corrected chi connectivity index (χ4v) is 3.00. The normalized spacial score (nSPS) is 18.7. The van der Waals surface area contributed by atoms with Crippen LogP contribution < -0.4 is 5.32 Å². The van der Waals surface area contributed by atoms with E-state index >= 15 is 0 Å². The number of ether oxygens (including phenoxy) is 1. The number of hydrogen-bond acceptors (Lipinski definition) is 3. The summed E-state index contributed by atoms with van der Waals surface area (Å²) in [6, 6.07) is 0.680. The molecule has 0 bridgehead atoms. The highest BCUT2D eigenvalue weighted by atomic mass is 16.5. The van der Waals surface area contributed by atoms with E-state index in [2.05, 4.69) is 31.0 Å². The molecule has 0 amide bonds. The fourth-order valence-electron chi connectivity index (χ4n) is 3.00. The van der Waals surface area contributed by atoms with Crippen LogP contribution in [0.25, 0.3) is 0 Å². The van der Waals surface area contributed by atoms with Crippen LogP contribution in [0.15, 0.2) is 0 Å². The molecular weight excluding hydrogens is 224 g/mol. The van der Waals surface area contributed by atoms with E-state index in [1.54, 1.807) is 0 Å². The van der Waals surface area contributed by atoms with Crippen LogP contribution >= 0.6 is 0 Å². The maximum atomic E-state index is 5.47. The van der Waals surface area contributed by atoms with E-state index in [1.807, 2.05) is 0 Å². The lowest BCUT2D eigenvalue weighted by molar-refractivity contribution is 0.107. The van der Waals surface area contributed by atoms with Crippen molar-refractivity contribution in [1.29, 1.82) is 0 Å². The Morgan fingerprint density at radius 2 is 1.94 bits per heavy atom. The average molecular weight is 256 g/mol. The van der Waals surface area contributed by atoms with E-state index in [0.717, 1.165) is 38.8 Å². The van der Waals surface area contributed by atoms with Crippen LogP contribution in [0.4, 0.5) is 0 Å². The van der Waals surface area contributed by atoms with Gasteiger partial charge in [0.25, 0.3) is 0 Å². The summed E-state index contributed by atoms with van der Waals surface area (Å²) in [5.74, 6) is 0.895. The molecule has 1 fully saturated rings. The van der Waals surface area contributed by atoms with Crippen LogP contribution in [-0.4, -0.2) is 50.3 Å². The van der Waals surface area contributed by atoms with Crippen molar-refractivity contribution in [3.05, 3.63) is 0 Å². The second-order valence-corrected chi connectivity index (χ2v) is 5.30. The number of nitrogens with one attached hydrogen (secondary N) is 1. The van der Waals surface area contributed by atoms with E-state index in [0.29, 0.717) is 6.04 Å². The molecule has 0 radical (unpaired) electrons. The third kappa shape index (κ3) is 5.68. The highest BCUT2D eigenvalue weighted by Crippen LogP contribution is 2.28. The molecule has 0 aliphatic heterocycles. The lowest BCUT2D eigenvalue weighted by Crippen LogP contribution is -2.45. The van der Waals surface area contributed by atoms with Crippen LogP contribution in [0, 0.1) is 5.92 Å². The Morgan fingerprint density at radius 3 is 2.50 bits per heavy atom. The summed E-state index contributed by atoms with van der Waals surface area (Å²) in [4.78, 5) is 2.53. The first-order valence-electron chi connectivity index (χ1n) is 7.85. The van der Waals surface area contributed by atoms with Crippen molar-refractivity contribution >= 4 is 0 Å². The Morgan fingerprint density at radius 1 is 1.22 bits per heavy atom. The number of rotatable bonds is 10. The van der Waals surface area contributed by atoms with Gasteiger partial charge in [-0.25, -0.2) is 0 Å². The van der Waals surface area contributed by atoms with Gasteiger partial charge < -0.3 is 10.1 Å². The predicted molar refractivity (Wildman–Crippen MR) is 78.0 cm³/mol. The summed E-state index contributed by atoms with van der Waals surface area (Å²) in [7, 11) is 0. The summed E-state index contributed by atoms with van der Waals surface area (Å²) in [5.41, 5.74) is 0. The molecule has 1 atom stereocenters. The van der Waals surface area contributed by atoms with E-state index < -0.39 is 0 Å². The Balaban J connectivity index is 2.35. The van der Waals surface area contributed by atoms with Gasteiger partial charge in [-0.3, -0.25) is 4.90 Å². The van der Waals surface area contributed by atoms with Gasteiger partial charge in [-0.1, -0.05) is 26.7 Å². The van der Waals surface area contributed by atoms with Crippen LogP contribution in [0.1, 0.15) is 46.5 Å². The Kier molecular flexibility index (Phi) is 8.64. The second kappa shape index (κ2) is 9.76. The van der Waals surface area contributed by atoms with Gasteiger partial charge in [-0.05, 0) is 38.8 Å². The Bertz CT molecular complexity index is 193. The van der Waals surface area contributed by atoms with Crippen LogP contribution in [0.5, 0.6) is 0 Å². The van der Waals surface area contributed by atoms with Gasteiger partial charge in [0.2, 0.25) is 0 Å². The smallest absolute Gasteiger partial charge is 0.0593 e. The SMILES string of the molecule is CCNC(CN(CC)CCOCC)C1CCCC1. The first-order chi connectivity index (χ1) is 8.81. The summed E-state index contributed by atoms with van der Waals surface area (Å²) in [6.45, 7) is 12.7. The largest absolute Gasteiger partial charge is 0.380 e. The molecule has 0 spiro atoms. The van der Waals surface area contributed by atoms with E-state index in [9.17, 15) is 0 Å². The van der Waals surface area contributed by atoms with Gasteiger partial charge in [-0.15, -0.1) is 0 Å². The molecule has 0 saturated heterocycles. The minimum absolute atomic E-state index is 0.680. The van der Waals surface area contributed by atoms with Crippen molar-refractivity contribution in [1.82, 2.24) is 10.2 Å². The number of nitrogens with zero attached hydrogens (tertiary/aromatic N) is 1. The molecule has 1 rings (SSSR count). The van der Waals surface area contributed by atoms with E-state index in [1.165, 1.54) is 32.2 Å². The molecule has 0 heterocycles. The molecule has 3 nitrogen and oxygen atoms in total. The van der Waals surface area contributed by atoms with Gasteiger partial charge in [-0.2, -0.15) is 0 Å². The minimum Gasteiger partial charge on any atom is -0.380 e. The maximum Gasteiger partial charge on any atom is 0.0593 e. The van der Waals surface area contributed by atoms with Crippen LogP contribution in [0.2, 0.25) is 0 Å². The molecule has 1 aliphatic carbocycles. The molecule has 1 aliphatic rings.